The van der Waals surface area contributed by atoms with E-state index in [1.807, 2.05) is 0 Å². The molecule has 0 aliphatic heterocycles. The summed E-state index contributed by atoms with van der Waals surface area (Å²) in [5.41, 5.74) is 0.857. The van der Waals surface area contributed by atoms with Gasteiger partial charge in [0.25, 0.3) is 0 Å². The van der Waals surface area contributed by atoms with Crippen molar-refractivity contribution in [3.8, 4) is 0 Å². The highest BCUT2D eigenvalue weighted by Gasteiger charge is 2.37. The zero-order valence-corrected chi connectivity index (χ0v) is 8.64. The van der Waals surface area contributed by atoms with Crippen LogP contribution in [0, 0.1) is 12.7 Å². The van der Waals surface area contributed by atoms with E-state index < -0.39 is 24.1 Å². The maximum Gasteiger partial charge on any atom is 0.374 e. The van der Waals surface area contributed by atoms with E-state index in [4.69, 9.17) is 5.11 Å². The van der Waals surface area contributed by atoms with Gasteiger partial charge in [-0.3, -0.25) is 0 Å². The number of aryl methyl sites for hydroxylation is 2. The Labute approximate surface area is 90.7 Å². The first-order valence-electron chi connectivity index (χ1n) is 4.69. The van der Waals surface area contributed by atoms with Crippen LogP contribution >= 0.6 is 0 Å². The van der Waals surface area contributed by atoms with Crippen LogP contribution in [0.25, 0.3) is 0 Å². The SMILES string of the molecule is Cc1cc(CCC(F)(F)C(=O)O)ccc1F. The van der Waals surface area contributed by atoms with Gasteiger partial charge in [0.05, 0.1) is 0 Å². The number of halogens is 3. The molecule has 0 saturated heterocycles. The van der Waals surface area contributed by atoms with E-state index >= 15 is 0 Å². The Hall–Kier alpha value is -1.52. The number of carboxylic acids is 1. The van der Waals surface area contributed by atoms with Crippen molar-refractivity contribution >= 4 is 5.97 Å². The monoisotopic (exact) mass is 232 g/mol. The van der Waals surface area contributed by atoms with Crippen molar-refractivity contribution in [1.29, 1.82) is 0 Å². The van der Waals surface area contributed by atoms with Crippen LogP contribution in [-0.4, -0.2) is 17.0 Å². The number of aliphatic carboxylic acids is 1. The van der Waals surface area contributed by atoms with Crippen LogP contribution in [0.1, 0.15) is 17.5 Å². The van der Waals surface area contributed by atoms with Gasteiger partial charge in [-0.25, -0.2) is 9.18 Å². The zero-order valence-electron chi connectivity index (χ0n) is 8.64. The van der Waals surface area contributed by atoms with E-state index in [9.17, 15) is 18.0 Å². The van der Waals surface area contributed by atoms with Gasteiger partial charge in [0.1, 0.15) is 5.82 Å². The summed E-state index contributed by atoms with van der Waals surface area (Å²) in [5, 5.41) is 8.21. The molecule has 0 spiro atoms. The second-order valence-electron chi connectivity index (χ2n) is 3.59. The molecule has 1 aromatic rings. The fourth-order valence-electron chi connectivity index (χ4n) is 1.27. The smallest absolute Gasteiger partial charge is 0.374 e. The molecule has 0 fully saturated rings. The Morgan fingerprint density at radius 1 is 1.44 bits per heavy atom. The maximum absolute atomic E-state index is 12.9. The summed E-state index contributed by atoms with van der Waals surface area (Å²) in [6.07, 6.45) is -0.881. The van der Waals surface area contributed by atoms with Crippen LogP contribution in [0.4, 0.5) is 13.2 Å². The first-order chi connectivity index (χ1) is 7.33. The Balaban J connectivity index is 2.68. The second-order valence-corrected chi connectivity index (χ2v) is 3.59. The molecule has 1 aromatic carbocycles. The molecule has 0 aromatic heterocycles. The number of hydrogen-bond donors (Lipinski definition) is 1. The van der Waals surface area contributed by atoms with Gasteiger partial charge in [-0.1, -0.05) is 12.1 Å². The highest BCUT2D eigenvalue weighted by molar-refractivity contribution is 5.75. The molecule has 5 heteroatoms. The summed E-state index contributed by atoms with van der Waals surface area (Å²) < 4.78 is 38.3. The molecule has 0 atom stereocenters. The van der Waals surface area contributed by atoms with E-state index in [2.05, 4.69) is 0 Å². The van der Waals surface area contributed by atoms with Gasteiger partial charge in [0.15, 0.2) is 0 Å². The number of alkyl halides is 2. The summed E-state index contributed by atoms with van der Waals surface area (Å²) in [5.74, 6) is -6.28. The van der Waals surface area contributed by atoms with Crippen molar-refractivity contribution in [3.05, 3.63) is 35.1 Å². The van der Waals surface area contributed by atoms with E-state index in [1.165, 1.54) is 25.1 Å². The first kappa shape index (κ1) is 12.5. The molecule has 0 radical (unpaired) electrons. The molecule has 0 heterocycles. The molecule has 0 unspecified atom stereocenters. The lowest BCUT2D eigenvalue weighted by Gasteiger charge is -2.10. The Bertz CT molecular complexity index is 402. The summed E-state index contributed by atoms with van der Waals surface area (Å²) in [4.78, 5) is 10.2. The number of rotatable bonds is 4. The van der Waals surface area contributed by atoms with Gasteiger partial charge in [0, 0.05) is 6.42 Å². The van der Waals surface area contributed by atoms with Crippen molar-refractivity contribution in [1.82, 2.24) is 0 Å². The summed E-state index contributed by atoms with van der Waals surface area (Å²) in [7, 11) is 0. The molecule has 1 N–H and O–H groups in total. The molecule has 0 saturated carbocycles. The molecule has 0 aliphatic rings. The van der Waals surface area contributed by atoms with Crippen LogP contribution in [0.15, 0.2) is 18.2 Å². The second kappa shape index (κ2) is 4.55. The first-order valence-corrected chi connectivity index (χ1v) is 4.69. The van der Waals surface area contributed by atoms with Crippen molar-refractivity contribution < 1.29 is 23.1 Å². The third kappa shape index (κ3) is 2.98. The molecule has 1 rings (SSSR count). The van der Waals surface area contributed by atoms with E-state index in [-0.39, 0.29) is 6.42 Å². The average Bonchev–Trinajstić information content (AvgIpc) is 2.20. The van der Waals surface area contributed by atoms with Crippen molar-refractivity contribution in [2.24, 2.45) is 0 Å². The van der Waals surface area contributed by atoms with Crippen LogP contribution in [-0.2, 0) is 11.2 Å². The van der Waals surface area contributed by atoms with Crippen molar-refractivity contribution in [3.63, 3.8) is 0 Å². The quantitative estimate of drug-likeness (QED) is 0.866. The lowest BCUT2D eigenvalue weighted by Crippen LogP contribution is -2.28. The largest absolute Gasteiger partial charge is 0.477 e. The molecule has 2 nitrogen and oxygen atoms in total. The Kier molecular flexibility index (Phi) is 3.57. The predicted octanol–water partition coefficient (Wildman–Crippen LogP) is 2.79. The van der Waals surface area contributed by atoms with E-state index in [1.54, 1.807) is 0 Å². The highest BCUT2D eigenvalue weighted by Crippen LogP contribution is 2.22. The van der Waals surface area contributed by atoms with Gasteiger partial charge in [-0.2, -0.15) is 8.78 Å². The van der Waals surface area contributed by atoms with Crippen LogP contribution in [0.2, 0.25) is 0 Å². The third-order valence-corrected chi connectivity index (χ3v) is 2.26. The molecule has 16 heavy (non-hydrogen) atoms. The summed E-state index contributed by atoms with van der Waals surface area (Å²) in [6, 6.07) is 4.00. The fraction of sp³-hybridized carbons (Fsp3) is 0.364. The standard InChI is InChI=1S/C11H11F3O2/c1-7-6-8(2-3-9(7)12)4-5-11(13,14)10(15)16/h2-3,6H,4-5H2,1H3,(H,15,16). The van der Waals surface area contributed by atoms with Crippen LogP contribution in [0.3, 0.4) is 0 Å². The lowest BCUT2D eigenvalue weighted by molar-refractivity contribution is -0.165. The minimum atomic E-state index is -3.73. The molecular weight excluding hydrogens is 221 g/mol. The summed E-state index contributed by atoms with van der Waals surface area (Å²) in [6.45, 7) is 1.52. The van der Waals surface area contributed by atoms with Gasteiger partial charge < -0.3 is 5.11 Å². The summed E-state index contributed by atoms with van der Waals surface area (Å²) >= 11 is 0. The van der Waals surface area contributed by atoms with Gasteiger partial charge in [0.2, 0.25) is 0 Å². The molecule has 0 aliphatic carbocycles. The Morgan fingerprint density at radius 3 is 2.56 bits per heavy atom. The van der Waals surface area contributed by atoms with Gasteiger partial charge in [-0.05, 0) is 30.5 Å². The zero-order chi connectivity index (χ0) is 12.3. The highest BCUT2D eigenvalue weighted by atomic mass is 19.3. The molecule has 0 bridgehead atoms. The van der Waals surface area contributed by atoms with Crippen molar-refractivity contribution in [2.75, 3.05) is 0 Å². The normalized spacial score (nSPS) is 11.5. The third-order valence-electron chi connectivity index (χ3n) is 2.26. The fourth-order valence-corrected chi connectivity index (χ4v) is 1.27. The Morgan fingerprint density at radius 2 is 2.06 bits per heavy atom. The maximum atomic E-state index is 12.9. The molecule has 88 valence electrons. The molecular formula is C11H11F3O2. The topological polar surface area (TPSA) is 37.3 Å². The number of carboxylic acid groups (broad SMARTS) is 1. The van der Waals surface area contributed by atoms with Gasteiger partial charge in [-0.15, -0.1) is 0 Å². The van der Waals surface area contributed by atoms with Crippen LogP contribution < -0.4 is 0 Å². The minimum absolute atomic E-state index is 0.0968. The minimum Gasteiger partial charge on any atom is -0.477 e. The number of carbonyl (C=O) groups is 1. The predicted molar refractivity (Wildman–Crippen MR) is 52.0 cm³/mol. The van der Waals surface area contributed by atoms with E-state index in [0.717, 1.165) is 0 Å². The van der Waals surface area contributed by atoms with E-state index in [0.29, 0.717) is 11.1 Å². The lowest BCUT2D eigenvalue weighted by atomic mass is 10.0. The average molecular weight is 232 g/mol. The molecule has 0 amide bonds. The van der Waals surface area contributed by atoms with Crippen molar-refractivity contribution in [2.45, 2.75) is 25.7 Å². The van der Waals surface area contributed by atoms with Crippen LogP contribution in [0.5, 0.6) is 0 Å². The number of hydrogen-bond acceptors (Lipinski definition) is 1. The number of benzene rings is 1. The van der Waals surface area contributed by atoms with Gasteiger partial charge >= 0.3 is 11.9 Å².